The van der Waals surface area contributed by atoms with E-state index in [1.54, 1.807) is 0 Å². The van der Waals surface area contributed by atoms with Crippen LogP contribution in [0.25, 0.3) is 0 Å². The monoisotopic (exact) mass is 339 g/mol. The number of hydrogen-bond acceptors (Lipinski definition) is 5. The van der Waals surface area contributed by atoms with Gasteiger partial charge in [-0.1, -0.05) is 12.1 Å². The maximum Gasteiger partial charge on any atom is 0.306 e. The van der Waals surface area contributed by atoms with Gasteiger partial charge in [0, 0.05) is 25.2 Å². The van der Waals surface area contributed by atoms with E-state index in [2.05, 4.69) is 10.4 Å². The summed E-state index contributed by atoms with van der Waals surface area (Å²) in [5.41, 5.74) is 7.32. The fraction of sp³-hybridized carbons (Fsp3) is 0.286. The van der Waals surface area contributed by atoms with Gasteiger partial charge in [0.25, 0.3) is 0 Å². The number of anilines is 1. The highest BCUT2D eigenvalue weighted by atomic mass is 35.5. The third-order valence-electron chi connectivity index (χ3n) is 3.11. The van der Waals surface area contributed by atoms with Crippen molar-refractivity contribution in [3.05, 3.63) is 52.3 Å². The van der Waals surface area contributed by atoms with Crippen molar-refractivity contribution < 1.29 is 9.72 Å². The van der Waals surface area contributed by atoms with E-state index < -0.39 is 4.92 Å². The highest BCUT2D eigenvalue weighted by molar-refractivity contribution is 5.85. The minimum absolute atomic E-state index is 0. The average molecular weight is 340 g/mol. The molecule has 1 heterocycles. The van der Waals surface area contributed by atoms with E-state index in [0.717, 1.165) is 12.0 Å². The van der Waals surface area contributed by atoms with Gasteiger partial charge < -0.3 is 11.1 Å². The van der Waals surface area contributed by atoms with Gasteiger partial charge in [0.1, 0.15) is 12.4 Å². The molecule has 124 valence electrons. The summed E-state index contributed by atoms with van der Waals surface area (Å²) in [5.74, 6) is -0.117. The molecule has 2 rings (SSSR count). The van der Waals surface area contributed by atoms with Crippen molar-refractivity contribution in [2.75, 3.05) is 12.3 Å². The van der Waals surface area contributed by atoms with Gasteiger partial charge in [-0.05, 0) is 24.1 Å². The number of halogens is 1. The number of hydrogen-bond donors (Lipinski definition) is 2. The Morgan fingerprint density at radius 3 is 2.65 bits per heavy atom. The molecule has 0 spiro atoms. The van der Waals surface area contributed by atoms with Crippen molar-refractivity contribution in [2.24, 2.45) is 0 Å². The maximum atomic E-state index is 11.7. The molecule has 0 radical (unpaired) electrons. The number of carbonyl (C=O) groups is 1. The third kappa shape index (κ3) is 5.95. The van der Waals surface area contributed by atoms with E-state index >= 15 is 0 Å². The largest absolute Gasteiger partial charge is 0.399 e. The molecule has 1 amide bonds. The summed E-state index contributed by atoms with van der Waals surface area (Å²) in [5, 5.41) is 17.1. The van der Waals surface area contributed by atoms with Crippen LogP contribution in [0.15, 0.2) is 36.7 Å². The maximum absolute atomic E-state index is 11.7. The van der Waals surface area contributed by atoms with Gasteiger partial charge >= 0.3 is 5.69 Å². The first-order chi connectivity index (χ1) is 10.5. The van der Waals surface area contributed by atoms with Gasteiger partial charge in [-0.3, -0.25) is 19.6 Å². The van der Waals surface area contributed by atoms with Gasteiger partial charge in [0.15, 0.2) is 0 Å². The van der Waals surface area contributed by atoms with Crippen LogP contribution in [-0.2, 0) is 17.8 Å². The molecule has 0 fully saturated rings. The van der Waals surface area contributed by atoms with Crippen LogP contribution in [0.4, 0.5) is 11.4 Å². The lowest BCUT2D eigenvalue weighted by molar-refractivity contribution is -0.385. The van der Waals surface area contributed by atoms with Crippen molar-refractivity contribution in [2.45, 2.75) is 19.4 Å². The van der Waals surface area contributed by atoms with Crippen molar-refractivity contribution in [3.63, 3.8) is 0 Å². The molecule has 2 aromatic rings. The van der Waals surface area contributed by atoms with Crippen molar-refractivity contribution >= 4 is 29.7 Å². The molecule has 23 heavy (non-hydrogen) atoms. The Hall–Kier alpha value is -2.61. The molecule has 0 aliphatic carbocycles. The molecule has 0 unspecified atom stereocenters. The Labute approximate surface area is 139 Å². The molecule has 9 heteroatoms. The summed E-state index contributed by atoms with van der Waals surface area (Å²) in [7, 11) is 0. The quantitative estimate of drug-likeness (QED) is 0.451. The molecule has 0 bridgehead atoms. The van der Waals surface area contributed by atoms with Crippen molar-refractivity contribution in [3.8, 4) is 0 Å². The van der Waals surface area contributed by atoms with Gasteiger partial charge in [0.05, 0.1) is 4.92 Å². The predicted molar refractivity (Wildman–Crippen MR) is 88.3 cm³/mol. The minimum Gasteiger partial charge on any atom is -0.399 e. The van der Waals surface area contributed by atoms with Crippen LogP contribution in [0.5, 0.6) is 0 Å². The van der Waals surface area contributed by atoms with Crippen LogP contribution < -0.4 is 11.1 Å². The highest BCUT2D eigenvalue weighted by Crippen LogP contribution is 2.08. The number of nitrogens with two attached hydrogens (primary N) is 1. The number of aryl methyl sites for hydroxylation is 1. The number of carbonyl (C=O) groups excluding carboxylic acids is 1. The van der Waals surface area contributed by atoms with Gasteiger partial charge in [-0.15, -0.1) is 12.4 Å². The van der Waals surface area contributed by atoms with E-state index in [0.29, 0.717) is 18.8 Å². The van der Waals surface area contributed by atoms with Crippen LogP contribution >= 0.6 is 12.4 Å². The lowest BCUT2D eigenvalue weighted by Crippen LogP contribution is -2.26. The molecule has 1 aromatic heterocycles. The molecule has 8 nitrogen and oxygen atoms in total. The number of amides is 1. The zero-order chi connectivity index (χ0) is 15.9. The van der Waals surface area contributed by atoms with Crippen LogP contribution in [0.2, 0.25) is 0 Å². The molecule has 1 aromatic carbocycles. The summed E-state index contributed by atoms with van der Waals surface area (Å²) < 4.78 is 1.39. The molecule has 3 N–H and O–H groups in total. The zero-order valence-electron chi connectivity index (χ0n) is 12.3. The molecule has 0 atom stereocenters. The van der Waals surface area contributed by atoms with Crippen LogP contribution in [0.1, 0.15) is 12.0 Å². The molecule has 0 saturated carbocycles. The van der Waals surface area contributed by atoms with E-state index in [1.807, 2.05) is 24.3 Å². The summed E-state index contributed by atoms with van der Waals surface area (Å²) in [6.07, 6.45) is 3.42. The lowest BCUT2D eigenvalue weighted by Gasteiger charge is -2.06. The first-order valence-electron chi connectivity index (χ1n) is 6.82. The first-order valence-corrected chi connectivity index (χ1v) is 6.82. The van der Waals surface area contributed by atoms with Gasteiger partial charge in [-0.2, -0.15) is 5.10 Å². The van der Waals surface area contributed by atoms with Crippen LogP contribution in [0, 0.1) is 10.1 Å². The van der Waals surface area contributed by atoms with Gasteiger partial charge in [-0.25, -0.2) is 0 Å². The average Bonchev–Trinajstić information content (AvgIpc) is 2.96. The SMILES string of the molecule is Cl.Nc1ccc(CCNC(=O)CCn2cc([N+](=O)[O-])cn2)cc1. The summed E-state index contributed by atoms with van der Waals surface area (Å²) in [4.78, 5) is 21.7. The fourth-order valence-electron chi connectivity index (χ4n) is 1.90. The Balaban J connectivity index is 0.00000264. The fourth-order valence-corrected chi connectivity index (χ4v) is 1.90. The predicted octanol–water partition coefficient (Wildman–Crippen LogP) is 1.54. The molecular weight excluding hydrogens is 322 g/mol. The second-order valence-electron chi connectivity index (χ2n) is 4.81. The summed E-state index contributed by atoms with van der Waals surface area (Å²) in [6, 6.07) is 7.48. The minimum atomic E-state index is -0.518. The number of nitro groups is 1. The van der Waals surface area contributed by atoms with Crippen LogP contribution in [0.3, 0.4) is 0 Å². The first kappa shape index (κ1) is 18.4. The molecular formula is C14H18ClN5O3. The second-order valence-corrected chi connectivity index (χ2v) is 4.81. The summed E-state index contributed by atoms with van der Waals surface area (Å²) in [6.45, 7) is 0.837. The summed E-state index contributed by atoms with van der Waals surface area (Å²) >= 11 is 0. The Morgan fingerprint density at radius 2 is 2.04 bits per heavy atom. The Morgan fingerprint density at radius 1 is 1.35 bits per heavy atom. The number of benzene rings is 1. The number of nitrogens with one attached hydrogen (secondary N) is 1. The standard InChI is InChI=1S/C14H17N5O3.ClH/c15-12-3-1-11(2-4-12)5-7-16-14(20)6-8-18-10-13(9-17-18)19(21)22;/h1-4,9-10H,5-8,15H2,(H,16,20);1H. The topological polar surface area (TPSA) is 116 Å². The van der Waals surface area contributed by atoms with E-state index in [1.165, 1.54) is 17.1 Å². The number of nitrogens with zero attached hydrogens (tertiary/aromatic N) is 3. The smallest absolute Gasteiger partial charge is 0.306 e. The van der Waals surface area contributed by atoms with E-state index in [4.69, 9.17) is 5.73 Å². The number of aromatic nitrogens is 2. The van der Waals surface area contributed by atoms with Crippen molar-refractivity contribution in [1.82, 2.24) is 15.1 Å². The molecule has 0 aliphatic rings. The van der Waals surface area contributed by atoms with Crippen LogP contribution in [-0.4, -0.2) is 27.2 Å². The Kier molecular flexibility index (Phi) is 7.01. The molecule has 0 saturated heterocycles. The zero-order valence-corrected chi connectivity index (χ0v) is 13.2. The van der Waals surface area contributed by atoms with E-state index in [-0.39, 0.29) is 30.4 Å². The van der Waals surface area contributed by atoms with Gasteiger partial charge in [0.2, 0.25) is 5.91 Å². The lowest BCUT2D eigenvalue weighted by atomic mass is 10.1. The number of nitrogen functional groups attached to an aromatic ring is 1. The van der Waals surface area contributed by atoms with E-state index in [9.17, 15) is 14.9 Å². The Bertz CT molecular complexity index is 657. The third-order valence-corrected chi connectivity index (χ3v) is 3.11. The molecule has 0 aliphatic heterocycles. The van der Waals surface area contributed by atoms with Crippen molar-refractivity contribution in [1.29, 1.82) is 0 Å². The highest BCUT2D eigenvalue weighted by Gasteiger charge is 2.09. The number of rotatable bonds is 7. The second kappa shape index (κ2) is 8.74. The normalized spacial score (nSPS) is 9.91.